The van der Waals surface area contributed by atoms with Crippen LogP contribution in [-0.2, 0) is 11.3 Å². The molecule has 2 atom stereocenters. The molecule has 18 heavy (non-hydrogen) atoms. The molecule has 1 aromatic carbocycles. The summed E-state index contributed by atoms with van der Waals surface area (Å²) in [5, 5.41) is 3.59. The van der Waals surface area contributed by atoms with Gasteiger partial charge in [-0.15, -0.1) is 0 Å². The van der Waals surface area contributed by atoms with E-state index in [9.17, 15) is 0 Å². The quantitative estimate of drug-likeness (QED) is 0.860. The maximum Gasteiger partial charge on any atom is 0.0732 e. The summed E-state index contributed by atoms with van der Waals surface area (Å²) >= 11 is 3.45. The van der Waals surface area contributed by atoms with Crippen LogP contribution in [0, 0.1) is 0 Å². The number of benzene rings is 1. The summed E-state index contributed by atoms with van der Waals surface area (Å²) < 4.78 is 7.18. The Bertz CT molecular complexity index is 352. The van der Waals surface area contributed by atoms with Gasteiger partial charge in [-0.1, -0.05) is 35.0 Å². The molecule has 2 unspecified atom stereocenters. The molecule has 0 bridgehead atoms. The minimum absolute atomic E-state index is 0.389. The van der Waals surface area contributed by atoms with Gasteiger partial charge in [0.1, 0.15) is 0 Å². The van der Waals surface area contributed by atoms with Gasteiger partial charge in [0.05, 0.1) is 12.7 Å². The topological polar surface area (TPSA) is 21.3 Å². The van der Waals surface area contributed by atoms with E-state index < -0.39 is 0 Å². The summed E-state index contributed by atoms with van der Waals surface area (Å²) in [4.78, 5) is 0. The third-order valence-corrected chi connectivity index (χ3v) is 4.02. The first kappa shape index (κ1) is 14.0. The number of halogens is 1. The van der Waals surface area contributed by atoms with Crippen LogP contribution in [0.15, 0.2) is 28.7 Å². The third kappa shape index (κ3) is 4.08. The van der Waals surface area contributed by atoms with Gasteiger partial charge in [-0.05, 0) is 49.9 Å². The molecule has 0 aromatic heterocycles. The molecule has 0 aliphatic heterocycles. The van der Waals surface area contributed by atoms with Gasteiger partial charge in [0, 0.05) is 10.5 Å². The zero-order valence-electron chi connectivity index (χ0n) is 11.0. The molecule has 2 nitrogen and oxygen atoms in total. The number of rotatable bonds is 6. The fraction of sp³-hybridized carbons (Fsp3) is 0.600. The van der Waals surface area contributed by atoms with Gasteiger partial charge in [-0.25, -0.2) is 0 Å². The van der Waals surface area contributed by atoms with Crippen molar-refractivity contribution in [1.29, 1.82) is 0 Å². The molecule has 1 aliphatic carbocycles. The van der Waals surface area contributed by atoms with Crippen LogP contribution < -0.4 is 5.32 Å². The van der Waals surface area contributed by atoms with Crippen molar-refractivity contribution in [1.82, 2.24) is 5.32 Å². The number of hydrogen-bond acceptors (Lipinski definition) is 2. The highest BCUT2D eigenvalue weighted by molar-refractivity contribution is 9.10. The van der Waals surface area contributed by atoms with E-state index in [1.165, 1.54) is 31.2 Å². The predicted molar refractivity (Wildman–Crippen MR) is 78.7 cm³/mol. The predicted octanol–water partition coefficient (Wildman–Crippen LogP) is 3.89. The molecule has 1 fully saturated rings. The van der Waals surface area contributed by atoms with Crippen LogP contribution in [0.3, 0.4) is 0 Å². The van der Waals surface area contributed by atoms with Crippen molar-refractivity contribution in [3.8, 4) is 0 Å². The Labute approximate surface area is 118 Å². The minimum Gasteiger partial charge on any atom is -0.372 e. The van der Waals surface area contributed by atoms with E-state index >= 15 is 0 Å². The largest absolute Gasteiger partial charge is 0.372 e. The van der Waals surface area contributed by atoms with E-state index in [1.807, 2.05) is 0 Å². The molecule has 0 spiro atoms. The summed E-state index contributed by atoms with van der Waals surface area (Å²) in [7, 11) is 0. The fourth-order valence-electron chi connectivity index (χ4n) is 2.47. The molecular formula is C15H22BrNO. The highest BCUT2D eigenvalue weighted by Gasteiger charge is 2.27. The summed E-state index contributed by atoms with van der Waals surface area (Å²) in [5.41, 5.74) is 1.25. The zero-order chi connectivity index (χ0) is 12.8. The van der Waals surface area contributed by atoms with E-state index in [1.54, 1.807) is 0 Å². The minimum atomic E-state index is 0.389. The Kier molecular flexibility index (Phi) is 5.67. The molecule has 3 heteroatoms. The Morgan fingerprint density at radius 1 is 1.28 bits per heavy atom. The maximum absolute atomic E-state index is 6.06. The van der Waals surface area contributed by atoms with Gasteiger partial charge < -0.3 is 10.1 Å². The molecule has 2 rings (SSSR count). The molecule has 1 aliphatic rings. The van der Waals surface area contributed by atoms with Crippen molar-refractivity contribution < 1.29 is 4.74 Å². The van der Waals surface area contributed by atoms with E-state index in [4.69, 9.17) is 4.74 Å². The SMILES string of the molecule is CCCNC1CCCC1OCc1ccc(Br)cc1. The maximum atomic E-state index is 6.06. The average Bonchev–Trinajstić information content (AvgIpc) is 2.83. The molecular weight excluding hydrogens is 290 g/mol. The van der Waals surface area contributed by atoms with E-state index in [-0.39, 0.29) is 0 Å². The van der Waals surface area contributed by atoms with Crippen molar-refractivity contribution in [2.75, 3.05) is 6.54 Å². The molecule has 1 aromatic rings. The van der Waals surface area contributed by atoms with Crippen LogP contribution in [0.2, 0.25) is 0 Å². The van der Waals surface area contributed by atoms with Crippen LogP contribution in [0.4, 0.5) is 0 Å². The highest BCUT2D eigenvalue weighted by atomic mass is 79.9. The molecule has 100 valence electrons. The molecule has 0 saturated heterocycles. The number of nitrogens with one attached hydrogen (secondary N) is 1. The van der Waals surface area contributed by atoms with Crippen molar-refractivity contribution in [3.05, 3.63) is 34.3 Å². The highest BCUT2D eigenvalue weighted by Crippen LogP contribution is 2.23. The monoisotopic (exact) mass is 311 g/mol. The normalized spacial score (nSPS) is 23.4. The van der Waals surface area contributed by atoms with Crippen molar-refractivity contribution in [2.24, 2.45) is 0 Å². The summed E-state index contributed by atoms with van der Waals surface area (Å²) in [6, 6.07) is 8.93. The lowest BCUT2D eigenvalue weighted by Crippen LogP contribution is -2.37. The average molecular weight is 312 g/mol. The molecule has 1 N–H and O–H groups in total. The van der Waals surface area contributed by atoms with Crippen molar-refractivity contribution in [2.45, 2.75) is 51.4 Å². The lowest BCUT2D eigenvalue weighted by atomic mass is 10.2. The van der Waals surface area contributed by atoms with E-state index in [0.29, 0.717) is 12.1 Å². The van der Waals surface area contributed by atoms with Gasteiger partial charge >= 0.3 is 0 Å². The van der Waals surface area contributed by atoms with Gasteiger partial charge in [0.25, 0.3) is 0 Å². The molecule has 0 heterocycles. The Morgan fingerprint density at radius 2 is 2.06 bits per heavy atom. The smallest absolute Gasteiger partial charge is 0.0732 e. The second-order valence-corrected chi connectivity index (χ2v) is 5.88. The van der Waals surface area contributed by atoms with Crippen LogP contribution in [0.25, 0.3) is 0 Å². The number of hydrogen-bond donors (Lipinski definition) is 1. The lowest BCUT2D eigenvalue weighted by Gasteiger charge is -2.21. The van der Waals surface area contributed by atoms with Crippen LogP contribution in [0.1, 0.15) is 38.2 Å². The standard InChI is InChI=1S/C15H22BrNO/c1-2-10-17-14-4-3-5-15(14)18-11-12-6-8-13(16)9-7-12/h6-9,14-15,17H,2-5,10-11H2,1H3. The van der Waals surface area contributed by atoms with Crippen molar-refractivity contribution in [3.63, 3.8) is 0 Å². The molecule has 0 amide bonds. The summed E-state index contributed by atoms with van der Waals surface area (Å²) in [6.07, 6.45) is 5.31. The first-order valence-electron chi connectivity index (χ1n) is 6.89. The lowest BCUT2D eigenvalue weighted by molar-refractivity contribution is 0.0280. The molecule has 0 radical (unpaired) electrons. The van der Waals surface area contributed by atoms with Gasteiger partial charge in [0.2, 0.25) is 0 Å². The van der Waals surface area contributed by atoms with E-state index in [0.717, 1.165) is 17.6 Å². The Morgan fingerprint density at radius 3 is 2.78 bits per heavy atom. The van der Waals surface area contributed by atoms with E-state index in [2.05, 4.69) is 52.4 Å². The first-order valence-corrected chi connectivity index (χ1v) is 7.68. The van der Waals surface area contributed by atoms with Crippen LogP contribution >= 0.6 is 15.9 Å². The van der Waals surface area contributed by atoms with Crippen molar-refractivity contribution >= 4 is 15.9 Å². The van der Waals surface area contributed by atoms with Gasteiger partial charge in [0.15, 0.2) is 0 Å². The number of ether oxygens (including phenoxy) is 1. The van der Waals surface area contributed by atoms with Crippen LogP contribution in [-0.4, -0.2) is 18.7 Å². The Hall–Kier alpha value is -0.380. The van der Waals surface area contributed by atoms with Gasteiger partial charge in [-0.2, -0.15) is 0 Å². The zero-order valence-corrected chi connectivity index (χ0v) is 12.6. The fourth-order valence-corrected chi connectivity index (χ4v) is 2.74. The second kappa shape index (κ2) is 7.27. The summed E-state index contributed by atoms with van der Waals surface area (Å²) in [6.45, 7) is 4.03. The summed E-state index contributed by atoms with van der Waals surface area (Å²) in [5.74, 6) is 0. The second-order valence-electron chi connectivity index (χ2n) is 4.97. The third-order valence-electron chi connectivity index (χ3n) is 3.49. The molecule has 1 saturated carbocycles. The first-order chi connectivity index (χ1) is 8.79. The van der Waals surface area contributed by atoms with Gasteiger partial charge in [-0.3, -0.25) is 0 Å². The van der Waals surface area contributed by atoms with Crippen LogP contribution in [0.5, 0.6) is 0 Å². The Balaban J connectivity index is 1.79.